The molecule has 98 valence electrons. The molecule has 0 spiro atoms. The van der Waals surface area contributed by atoms with Crippen molar-refractivity contribution in [1.29, 1.82) is 0 Å². The summed E-state index contributed by atoms with van der Waals surface area (Å²) in [5.41, 5.74) is -0.524. The molecule has 1 unspecified atom stereocenters. The van der Waals surface area contributed by atoms with E-state index in [0.29, 0.717) is 6.54 Å². The van der Waals surface area contributed by atoms with Crippen LogP contribution in [-0.4, -0.2) is 25.0 Å². The molecule has 1 aliphatic heterocycles. The zero-order valence-electron chi connectivity index (χ0n) is 9.60. The largest absolute Gasteiger partial charge is 0.348 e. The zero-order valence-corrected chi connectivity index (χ0v) is 11.2. The maximum absolute atomic E-state index is 13.6. The van der Waals surface area contributed by atoms with Crippen molar-refractivity contribution in [2.45, 2.75) is 18.9 Å². The Morgan fingerprint density at radius 2 is 2.06 bits per heavy atom. The summed E-state index contributed by atoms with van der Waals surface area (Å²) in [6.45, 7) is 1.54. The minimum Gasteiger partial charge on any atom is -0.348 e. The summed E-state index contributed by atoms with van der Waals surface area (Å²) in [7, 11) is 0. The Morgan fingerprint density at radius 3 is 2.61 bits per heavy atom. The number of carbonyl (C=O) groups is 1. The van der Waals surface area contributed by atoms with Crippen LogP contribution in [-0.2, 0) is 0 Å². The second-order valence-electron chi connectivity index (χ2n) is 4.26. The lowest BCUT2D eigenvalue weighted by molar-refractivity contribution is 0.0922. The molecule has 2 N–H and O–H groups in total. The van der Waals surface area contributed by atoms with E-state index in [-0.39, 0.29) is 10.5 Å². The lowest BCUT2D eigenvalue weighted by atomic mass is 10.1. The van der Waals surface area contributed by atoms with Crippen LogP contribution in [0.3, 0.4) is 0 Å². The van der Waals surface area contributed by atoms with Gasteiger partial charge in [-0.15, -0.1) is 0 Å². The number of nitrogens with one attached hydrogen (secondary N) is 2. The van der Waals surface area contributed by atoms with Gasteiger partial charge in [-0.05, 0) is 31.5 Å². The Bertz CT molecular complexity index is 438. The van der Waals surface area contributed by atoms with Gasteiger partial charge in [-0.25, -0.2) is 8.78 Å². The third kappa shape index (κ3) is 3.05. The van der Waals surface area contributed by atoms with Crippen LogP contribution >= 0.6 is 15.9 Å². The van der Waals surface area contributed by atoms with Gasteiger partial charge in [0, 0.05) is 17.1 Å². The molecule has 1 aromatic rings. The third-order valence-electron chi connectivity index (χ3n) is 2.87. The van der Waals surface area contributed by atoms with Crippen molar-refractivity contribution in [2.24, 2.45) is 0 Å². The molecule has 0 aliphatic carbocycles. The highest BCUT2D eigenvalue weighted by molar-refractivity contribution is 9.10. The van der Waals surface area contributed by atoms with Crippen LogP contribution in [0.15, 0.2) is 16.6 Å². The fourth-order valence-corrected chi connectivity index (χ4v) is 2.39. The van der Waals surface area contributed by atoms with Gasteiger partial charge in [-0.2, -0.15) is 0 Å². The van der Waals surface area contributed by atoms with Crippen LogP contribution < -0.4 is 10.6 Å². The fourth-order valence-electron chi connectivity index (χ4n) is 1.99. The van der Waals surface area contributed by atoms with Crippen molar-refractivity contribution in [3.8, 4) is 0 Å². The van der Waals surface area contributed by atoms with Crippen molar-refractivity contribution < 1.29 is 13.6 Å². The topological polar surface area (TPSA) is 41.1 Å². The average Bonchev–Trinajstić information content (AvgIpc) is 2.28. The Kier molecular flexibility index (Phi) is 4.29. The second-order valence-corrected chi connectivity index (χ2v) is 5.18. The van der Waals surface area contributed by atoms with Crippen LogP contribution in [0.4, 0.5) is 8.78 Å². The van der Waals surface area contributed by atoms with E-state index in [2.05, 4.69) is 26.6 Å². The van der Waals surface area contributed by atoms with Gasteiger partial charge in [0.1, 0.15) is 17.2 Å². The molecule has 6 heteroatoms. The van der Waals surface area contributed by atoms with Gasteiger partial charge in [-0.3, -0.25) is 4.79 Å². The second kappa shape index (κ2) is 5.75. The lowest BCUT2D eigenvalue weighted by Crippen LogP contribution is -2.46. The van der Waals surface area contributed by atoms with Crippen molar-refractivity contribution in [1.82, 2.24) is 10.6 Å². The van der Waals surface area contributed by atoms with E-state index in [4.69, 9.17) is 0 Å². The maximum atomic E-state index is 13.6. The molecule has 18 heavy (non-hydrogen) atoms. The highest BCUT2D eigenvalue weighted by Gasteiger charge is 2.22. The first-order valence-electron chi connectivity index (χ1n) is 5.74. The number of benzene rings is 1. The first-order valence-corrected chi connectivity index (χ1v) is 6.53. The first kappa shape index (κ1) is 13.4. The van der Waals surface area contributed by atoms with Crippen molar-refractivity contribution in [3.63, 3.8) is 0 Å². The Labute approximate surface area is 112 Å². The number of hydrogen-bond acceptors (Lipinski definition) is 2. The monoisotopic (exact) mass is 318 g/mol. The number of rotatable bonds is 2. The predicted molar refractivity (Wildman–Crippen MR) is 67.4 cm³/mol. The van der Waals surface area contributed by atoms with Gasteiger partial charge in [0.15, 0.2) is 0 Å². The van der Waals surface area contributed by atoms with Crippen molar-refractivity contribution >= 4 is 21.8 Å². The molecule has 0 aromatic heterocycles. The van der Waals surface area contributed by atoms with E-state index in [1.165, 1.54) is 0 Å². The summed E-state index contributed by atoms with van der Waals surface area (Å²) in [4.78, 5) is 11.8. The third-order valence-corrected chi connectivity index (χ3v) is 3.32. The molecule has 0 radical (unpaired) electrons. The molecular formula is C12H13BrF2N2O. The quantitative estimate of drug-likeness (QED) is 0.877. The summed E-state index contributed by atoms with van der Waals surface area (Å²) in [5, 5.41) is 5.76. The molecule has 3 nitrogen and oxygen atoms in total. The van der Waals surface area contributed by atoms with E-state index < -0.39 is 23.1 Å². The molecule has 1 saturated heterocycles. The first-order chi connectivity index (χ1) is 8.58. The van der Waals surface area contributed by atoms with Crippen LogP contribution in [0.1, 0.15) is 23.2 Å². The van der Waals surface area contributed by atoms with Gasteiger partial charge in [0.2, 0.25) is 0 Å². The van der Waals surface area contributed by atoms with E-state index >= 15 is 0 Å². The lowest BCUT2D eigenvalue weighted by Gasteiger charge is -2.23. The summed E-state index contributed by atoms with van der Waals surface area (Å²) >= 11 is 2.97. The summed E-state index contributed by atoms with van der Waals surface area (Å²) < 4.78 is 27.4. The van der Waals surface area contributed by atoms with Gasteiger partial charge < -0.3 is 10.6 Å². The van der Waals surface area contributed by atoms with Crippen LogP contribution in [0.2, 0.25) is 0 Å². The molecule has 1 aromatic carbocycles. The van der Waals surface area contributed by atoms with E-state index in [0.717, 1.165) is 31.5 Å². The smallest absolute Gasteiger partial charge is 0.257 e. The maximum Gasteiger partial charge on any atom is 0.257 e. The highest BCUT2D eigenvalue weighted by atomic mass is 79.9. The van der Waals surface area contributed by atoms with Gasteiger partial charge in [0.25, 0.3) is 5.91 Å². The summed E-state index contributed by atoms with van der Waals surface area (Å²) in [6.07, 6.45) is 1.76. The molecule has 0 saturated carbocycles. The van der Waals surface area contributed by atoms with Crippen LogP contribution in [0.25, 0.3) is 0 Å². The van der Waals surface area contributed by atoms with E-state index in [9.17, 15) is 13.6 Å². The predicted octanol–water partition coefficient (Wildman–Crippen LogP) is 2.21. The van der Waals surface area contributed by atoms with Gasteiger partial charge in [-0.1, -0.05) is 15.9 Å². The van der Waals surface area contributed by atoms with Crippen LogP contribution in [0, 0.1) is 11.6 Å². The Morgan fingerprint density at radius 1 is 1.39 bits per heavy atom. The number of amides is 1. The molecule has 1 amide bonds. The average molecular weight is 319 g/mol. The van der Waals surface area contributed by atoms with Crippen molar-refractivity contribution in [2.75, 3.05) is 13.1 Å². The number of piperidine rings is 1. The molecular weight excluding hydrogens is 306 g/mol. The molecule has 0 bridgehead atoms. The SMILES string of the molecule is O=C(NC1CCCNC1)c1c(F)cc(Br)cc1F. The Balaban J connectivity index is 2.13. The van der Waals surface area contributed by atoms with Gasteiger partial charge in [0.05, 0.1) is 0 Å². The minimum absolute atomic E-state index is 0.0753. The van der Waals surface area contributed by atoms with Crippen molar-refractivity contribution in [3.05, 3.63) is 33.8 Å². The highest BCUT2D eigenvalue weighted by Crippen LogP contribution is 2.19. The summed E-state index contributed by atoms with van der Waals surface area (Å²) in [5.74, 6) is -2.42. The molecule has 1 heterocycles. The number of halogens is 3. The van der Waals surface area contributed by atoms with E-state index in [1.54, 1.807) is 0 Å². The standard InChI is InChI=1S/C12H13BrF2N2O/c13-7-4-9(14)11(10(15)5-7)12(18)17-8-2-1-3-16-6-8/h4-5,8,16H,1-3,6H2,(H,17,18). The molecule has 2 rings (SSSR count). The molecule has 1 atom stereocenters. The van der Waals surface area contributed by atoms with E-state index in [1.807, 2.05) is 0 Å². The zero-order chi connectivity index (χ0) is 13.1. The Hall–Kier alpha value is -1.01. The number of carbonyl (C=O) groups excluding carboxylic acids is 1. The fraction of sp³-hybridized carbons (Fsp3) is 0.417. The minimum atomic E-state index is -0.858. The van der Waals surface area contributed by atoms with Gasteiger partial charge >= 0.3 is 0 Å². The molecule has 1 aliphatic rings. The molecule has 1 fully saturated rings. The number of hydrogen-bond donors (Lipinski definition) is 2. The normalized spacial score (nSPS) is 19.6. The van der Waals surface area contributed by atoms with Crippen LogP contribution in [0.5, 0.6) is 0 Å². The summed E-state index contributed by atoms with van der Waals surface area (Å²) in [6, 6.07) is 2.09.